The lowest BCUT2D eigenvalue weighted by Crippen LogP contribution is -1.24. The summed E-state index contributed by atoms with van der Waals surface area (Å²) in [6, 6.07) is 0. The van der Waals surface area contributed by atoms with Crippen LogP contribution in [-0.2, 0) is 0 Å². The Morgan fingerprint density at radius 3 is 0.778 bits per heavy atom. The smallest absolute Gasteiger partial charge is 0.0967 e. The third-order valence-corrected chi connectivity index (χ3v) is 0. The molecule has 0 aliphatic heterocycles. The highest BCUT2D eigenvalue weighted by atomic mass is 35.5. The first-order valence-electron chi connectivity index (χ1n) is 1.03. The largest absolute Gasteiger partial charge is 0.147 e. The van der Waals surface area contributed by atoms with E-state index in [-0.39, 0.29) is 55.0 Å². The highest BCUT2D eigenvalue weighted by Gasteiger charge is 1.41. The standard InChI is InChI=1S/C2H4.CH2Cl2.4ClH/c1-2;2-1-3;;;;/h1-2H2;1H2;4*1H. The molecule has 0 saturated carbocycles. The molecule has 0 atom stereocenters. The van der Waals surface area contributed by atoms with Gasteiger partial charge in [0, 0.05) is 0 Å². The fourth-order valence-corrected chi connectivity index (χ4v) is 0. The van der Waals surface area contributed by atoms with Gasteiger partial charge < -0.3 is 0 Å². The molecule has 0 aromatic rings. The van der Waals surface area contributed by atoms with Gasteiger partial charge in [-0.3, -0.25) is 0 Å². The minimum absolute atomic E-state index is 0. The Hall–Kier alpha value is 1.48. The van der Waals surface area contributed by atoms with Gasteiger partial charge in [0.2, 0.25) is 0 Å². The molecule has 0 bridgehead atoms. The molecule has 0 aromatic heterocycles. The molecule has 0 fully saturated rings. The van der Waals surface area contributed by atoms with E-state index in [1.165, 1.54) is 0 Å². The van der Waals surface area contributed by atoms with Crippen molar-refractivity contribution < 1.29 is 0 Å². The minimum Gasteiger partial charge on any atom is -0.147 e. The summed E-state index contributed by atoms with van der Waals surface area (Å²) in [5.74, 6) is 0. The van der Waals surface area contributed by atoms with E-state index in [0.717, 1.165) is 0 Å². The molecular weight excluding hydrogens is 249 g/mol. The van der Waals surface area contributed by atoms with Gasteiger partial charge in [-0.25, -0.2) is 0 Å². The third-order valence-electron chi connectivity index (χ3n) is 0. The Labute approximate surface area is 91.0 Å². The van der Waals surface area contributed by atoms with E-state index >= 15 is 0 Å². The van der Waals surface area contributed by atoms with Crippen LogP contribution in [0.15, 0.2) is 13.2 Å². The van der Waals surface area contributed by atoms with Crippen molar-refractivity contribution in [2.45, 2.75) is 0 Å². The van der Waals surface area contributed by atoms with Gasteiger partial charge in [-0.2, -0.15) is 0 Å². The number of rotatable bonds is 0. The SMILES string of the molecule is C=C.Cl.Cl.Cl.Cl.ClCCl. The Morgan fingerprint density at radius 2 is 0.778 bits per heavy atom. The topological polar surface area (TPSA) is 0 Å². The molecule has 0 aromatic carbocycles. The van der Waals surface area contributed by atoms with Gasteiger partial charge in [-0.15, -0.1) is 86.0 Å². The van der Waals surface area contributed by atoms with Crippen LogP contribution in [0.4, 0.5) is 0 Å². The van der Waals surface area contributed by atoms with Crippen LogP contribution in [0.3, 0.4) is 0 Å². The van der Waals surface area contributed by atoms with Gasteiger partial charge in [-0.1, -0.05) is 0 Å². The van der Waals surface area contributed by atoms with Crippen molar-refractivity contribution in [3.05, 3.63) is 13.2 Å². The van der Waals surface area contributed by atoms with Crippen molar-refractivity contribution in [3.8, 4) is 0 Å². The first-order chi connectivity index (χ1) is 2.41. The molecule has 0 amide bonds. The van der Waals surface area contributed by atoms with Gasteiger partial charge in [0.1, 0.15) is 0 Å². The summed E-state index contributed by atoms with van der Waals surface area (Å²) >= 11 is 9.53. The van der Waals surface area contributed by atoms with Crippen LogP contribution in [0.1, 0.15) is 0 Å². The van der Waals surface area contributed by atoms with E-state index in [2.05, 4.69) is 13.2 Å². The predicted molar refractivity (Wildman–Crippen MR) is 56.8 cm³/mol. The Bertz CT molecular complexity index is 12.3. The molecule has 0 rings (SSSR count). The molecule has 9 heavy (non-hydrogen) atoms. The molecule has 64 valence electrons. The highest BCUT2D eigenvalue weighted by molar-refractivity contribution is 6.40. The fourth-order valence-electron chi connectivity index (χ4n) is 0. The Kier molecular flexibility index (Phi) is 578. The Morgan fingerprint density at radius 1 is 0.778 bits per heavy atom. The predicted octanol–water partition coefficient (Wildman–Crippen LogP) is 3.91. The highest BCUT2D eigenvalue weighted by Crippen LogP contribution is 1.73. The molecule has 0 aliphatic carbocycles. The summed E-state index contributed by atoms with van der Waals surface area (Å²) in [5, 5.41) is 0.194. The summed E-state index contributed by atoms with van der Waals surface area (Å²) in [6.07, 6.45) is 0. The van der Waals surface area contributed by atoms with E-state index in [4.69, 9.17) is 23.2 Å². The lowest BCUT2D eigenvalue weighted by atomic mass is 11.3. The molecule has 0 spiro atoms. The maximum atomic E-state index is 4.76. The zero-order chi connectivity index (χ0) is 4.71. The second-order valence-corrected chi connectivity index (χ2v) is 0.909. The summed E-state index contributed by atoms with van der Waals surface area (Å²) in [5.41, 5.74) is 0. The second-order valence-electron chi connectivity index (χ2n) is 0.101. The van der Waals surface area contributed by atoms with Gasteiger partial charge in [0.25, 0.3) is 0 Å². The third kappa shape index (κ3) is 242. The van der Waals surface area contributed by atoms with E-state index in [1.54, 1.807) is 0 Å². The summed E-state index contributed by atoms with van der Waals surface area (Å²) in [4.78, 5) is 0. The van der Waals surface area contributed by atoms with E-state index in [1.807, 2.05) is 0 Å². The quantitative estimate of drug-likeness (QED) is 0.457. The van der Waals surface area contributed by atoms with Crippen LogP contribution >= 0.6 is 72.8 Å². The van der Waals surface area contributed by atoms with Crippen LogP contribution in [-0.4, -0.2) is 5.34 Å². The lowest BCUT2D eigenvalue weighted by molar-refractivity contribution is 2.20. The van der Waals surface area contributed by atoms with Crippen LogP contribution in [0.5, 0.6) is 0 Å². The monoisotopic (exact) mass is 256 g/mol. The van der Waals surface area contributed by atoms with Crippen molar-refractivity contribution in [1.82, 2.24) is 0 Å². The first-order valence-corrected chi connectivity index (χ1v) is 2.10. The maximum Gasteiger partial charge on any atom is 0.0967 e. The van der Waals surface area contributed by atoms with Crippen molar-refractivity contribution in [1.29, 1.82) is 0 Å². The fraction of sp³-hybridized carbons (Fsp3) is 0.333. The molecule has 0 radical (unpaired) electrons. The summed E-state index contributed by atoms with van der Waals surface area (Å²) < 4.78 is 0. The normalized spacial score (nSPS) is 2.44. The van der Waals surface area contributed by atoms with Gasteiger partial charge in [0.05, 0.1) is 5.34 Å². The van der Waals surface area contributed by atoms with Crippen LogP contribution in [0.25, 0.3) is 0 Å². The van der Waals surface area contributed by atoms with Crippen molar-refractivity contribution in [2.75, 3.05) is 5.34 Å². The number of alkyl halides is 2. The molecule has 0 nitrogen and oxygen atoms in total. The zero-order valence-corrected chi connectivity index (χ0v) is 9.29. The molecule has 0 heterocycles. The van der Waals surface area contributed by atoms with Crippen molar-refractivity contribution in [3.63, 3.8) is 0 Å². The maximum absolute atomic E-state index is 4.76. The molecule has 6 heteroatoms. The first kappa shape index (κ1) is 46.9. The zero-order valence-electron chi connectivity index (χ0n) is 4.51. The summed E-state index contributed by atoms with van der Waals surface area (Å²) in [7, 11) is 0. The van der Waals surface area contributed by atoms with Crippen LogP contribution < -0.4 is 0 Å². The molecule has 0 unspecified atom stereocenters. The van der Waals surface area contributed by atoms with Crippen molar-refractivity contribution >= 4 is 72.8 Å². The number of hydrogen-bond acceptors (Lipinski definition) is 0. The number of halogens is 6. The van der Waals surface area contributed by atoms with Crippen LogP contribution in [0, 0.1) is 0 Å². The van der Waals surface area contributed by atoms with Gasteiger partial charge in [0.15, 0.2) is 0 Å². The lowest BCUT2D eigenvalue weighted by Gasteiger charge is -1.42. The second kappa shape index (κ2) is 111. The molecular formula is C3H10Cl6. The average Bonchev–Trinajstić information content (AvgIpc) is 1.46. The van der Waals surface area contributed by atoms with Gasteiger partial charge in [-0.05, 0) is 0 Å². The number of hydrogen-bond donors (Lipinski definition) is 0. The van der Waals surface area contributed by atoms with Crippen LogP contribution in [0.2, 0.25) is 0 Å². The minimum atomic E-state index is 0. The molecule has 0 N–H and O–H groups in total. The van der Waals surface area contributed by atoms with E-state index in [9.17, 15) is 0 Å². The molecule has 0 aliphatic rings. The average molecular weight is 259 g/mol. The van der Waals surface area contributed by atoms with E-state index in [0.29, 0.717) is 0 Å². The van der Waals surface area contributed by atoms with Crippen molar-refractivity contribution in [2.24, 2.45) is 0 Å². The van der Waals surface area contributed by atoms with E-state index < -0.39 is 0 Å². The molecule has 0 saturated heterocycles. The van der Waals surface area contributed by atoms with Gasteiger partial charge >= 0.3 is 0 Å². The Balaban J connectivity index is -0.00000000357. The summed E-state index contributed by atoms with van der Waals surface area (Å²) in [6.45, 7) is 6.00.